The highest BCUT2D eigenvalue weighted by molar-refractivity contribution is 6.19. The van der Waals surface area contributed by atoms with E-state index in [1.54, 1.807) is 6.07 Å². The van der Waals surface area contributed by atoms with Gasteiger partial charge in [0.25, 0.3) is 0 Å². The van der Waals surface area contributed by atoms with E-state index in [0.717, 1.165) is 5.56 Å². The first-order valence-electron chi connectivity index (χ1n) is 6.33. The summed E-state index contributed by atoms with van der Waals surface area (Å²) in [5, 5.41) is 0. The lowest BCUT2D eigenvalue weighted by atomic mass is 10.1. The van der Waals surface area contributed by atoms with Gasteiger partial charge in [-0.1, -0.05) is 24.0 Å². The van der Waals surface area contributed by atoms with Gasteiger partial charge < -0.3 is 4.74 Å². The van der Waals surface area contributed by atoms with Gasteiger partial charge in [0.15, 0.2) is 0 Å². The topological polar surface area (TPSA) is 9.23 Å². The first kappa shape index (κ1) is 15.3. The molecule has 0 heterocycles. The van der Waals surface area contributed by atoms with Crippen molar-refractivity contribution in [3.63, 3.8) is 0 Å². The summed E-state index contributed by atoms with van der Waals surface area (Å²) in [5.74, 6) is 5.03. The number of rotatable bonds is 3. The van der Waals surface area contributed by atoms with Crippen molar-refractivity contribution in [1.29, 1.82) is 0 Å². The zero-order chi connectivity index (χ0) is 15.2. The van der Waals surface area contributed by atoms with Crippen LogP contribution in [0.3, 0.4) is 0 Å². The van der Waals surface area contributed by atoms with Crippen molar-refractivity contribution >= 4 is 11.6 Å². The summed E-state index contributed by atoms with van der Waals surface area (Å²) >= 11 is 5.54. The lowest BCUT2D eigenvalue weighted by molar-refractivity contribution is 0.291. The first-order valence-corrected chi connectivity index (χ1v) is 6.86. The number of benzene rings is 2. The molecule has 0 aromatic heterocycles. The van der Waals surface area contributed by atoms with E-state index in [0.29, 0.717) is 11.3 Å². The number of aryl methyl sites for hydroxylation is 1. The summed E-state index contributed by atoms with van der Waals surface area (Å²) in [6.07, 6.45) is 0. The maximum Gasteiger partial charge on any atom is 0.135 e. The number of ether oxygens (including phenoxy) is 1. The van der Waals surface area contributed by atoms with Crippen LogP contribution in [0.4, 0.5) is 8.78 Å². The lowest BCUT2D eigenvalue weighted by Crippen LogP contribution is -2.03. The number of alkyl halides is 1. The van der Waals surface area contributed by atoms with Crippen molar-refractivity contribution in [2.75, 3.05) is 5.88 Å². The van der Waals surface area contributed by atoms with E-state index in [2.05, 4.69) is 11.8 Å². The number of hydrogen-bond donors (Lipinski definition) is 0. The molecule has 0 aliphatic rings. The Balaban J connectivity index is 2.24. The standard InChI is InChI=1S/C17H13ClF2O/c1-12-7-8-17(13(10-12)4-3-9-18)21-11-14-15(19)5-2-6-16(14)20/h2,5-8,10H,9,11H2,1H3. The molecule has 2 rings (SSSR count). The summed E-state index contributed by atoms with van der Waals surface area (Å²) in [7, 11) is 0. The third-order valence-electron chi connectivity index (χ3n) is 2.86. The summed E-state index contributed by atoms with van der Waals surface area (Å²) < 4.78 is 32.6. The third kappa shape index (κ3) is 3.96. The highest BCUT2D eigenvalue weighted by Crippen LogP contribution is 2.22. The highest BCUT2D eigenvalue weighted by Gasteiger charge is 2.10. The first-order chi connectivity index (χ1) is 10.1. The van der Waals surface area contributed by atoms with Crippen LogP contribution < -0.4 is 4.74 Å². The second-order valence-electron chi connectivity index (χ2n) is 4.42. The van der Waals surface area contributed by atoms with Crippen molar-refractivity contribution in [2.45, 2.75) is 13.5 Å². The molecule has 0 saturated heterocycles. The van der Waals surface area contributed by atoms with Crippen LogP contribution in [0.2, 0.25) is 0 Å². The zero-order valence-corrected chi connectivity index (χ0v) is 12.2. The third-order valence-corrected chi connectivity index (χ3v) is 2.99. The predicted molar refractivity (Wildman–Crippen MR) is 79.5 cm³/mol. The van der Waals surface area contributed by atoms with Crippen LogP contribution in [-0.4, -0.2) is 5.88 Å². The Labute approximate surface area is 127 Å². The molecule has 0 saturated carbocycles. The zero-order valence-electron chi connectivity index (χ0n) is 11.4. The Kier molecular flexibility index (Phi) is 5.19. The minimum atomic E-state index is -0.629. The van der Waals surface area contributed by atoms with E-state index in [-0.39, 0.29) is 18.1 Å². The van der Waals surface area contributed by atoms with Gasteiger partial charge in [-0.15, -0.1) is 11.6 Å². The molecule has 0 atom stereocenters. The van der Waals surface area contributed by atoms with Crippen molar-refractivity contribution in [3.8, 4) is 17.6 Å². The normalized spacial score (nSPS) is 9.90. The number of hydrogen-bond acceptors (Lipinski definition) is 1. The summed E-state index contributed by atoms with van der Waals surface area (Å²) in [4.78, 5) is 0. The molecule has 0 fully saturated rings. The van der Waals surface area contributed by atoms with Crippen LogP contribution in [0.25, 0.3) is 0 Å². The van der Waals surface area contributed by atoms with Gasteiger partial charge in [0.05, 0.1) is 17.0 Å². The van der Waals surface area contributed by atoms with E-state index < -0.39 is 11.6 Å². The fourth-order valence-corrected chi connectivity index (χ4v) is 1.88. The van der Waals surface area contributed by atoms with Crippen molar-refractivity contribution in [3.05, 3.63) is 64.7 Å². The Hall–Kier alpha value is -2.05. The largest absolute Gasteiger partial charge is 0.487 e. The predicted octanol–water partition coefficient (Wildman–Crippen LogP) is 4.44. The second-order valence-corrected chi connectivity index (χ2v) is 4.69. The van der Waals surface area contributed by atoms with Crippen LogP contribution in [-0.2, 0) is 6.61 Å². The van der Waals surface area contributed by atoms with Crippen molar-refractivity contribution in [1.82, 2.24) is 0 Å². The molecule has 0 N–H and O–H groups in total. The van der Waals surface area contributed by atoms with Crippen LogP contribution in [0, 0.1) is 30.4 Å². The molecule has 2 aromatic rings. The fourth-order valence-electron chi connectivity index (χ4n) is 1.82. The molecule has 4 heteroatoms. The molecule has 0 spiro atoms. The summed E-state index contributed by atoms with van der Waals surface area (Å²) in [6, 6.07) is 9.13. The van der Waals surface area contributed by atoms with Crippen molar-refractivity contribution in [2.24, 2.45) is 0 Å². The molecule has 108 valence electrons. The Morgan fingerprint density at radius 3 is 2.52 bits per heavy atom. The smallest absolute Gasteiger partial charge is 0.135 e. The molecular weight excluding hydrogens is 294 g/mol. The summed E-state index contributed by atoms with van der Waals surface area (Å²) in [6.45, 7) is 1.73. The van der Waals surface area contributed by atoms with Gasteiger partial charge in [-0.25, -0.2) is 8.78 Å². The Morgan fingerprint density at radius 2 is 1.86 bits per heavy atom. The molecule has 0 amide bonds. The van der Waals surface area contributed by atoms with Gasteiger partial charge in [0, 0.05) is 0 Å². The molecule has 0 radical (unpaired) electrons. The Morgan fingerprint density at radius 1 is 1.14 bits per heavy atom. The molecular formula is C17H13ClF2O. The SMILES string of the molecule is Cc1ccc(OCc2c(F)cccc2F)c(C#CCCl)c1. The average Bonchev–Trinajstić information content (AvgIpc) is 2.46. The van der Waals surface area contributed by atoms with Gasteiger partial charge >= 0.3 is 0 Å². The molecule has 1 nitrogen and oxygen atoms in total. The van der Waals surface area contributed by atoms with E-state index in [1.807, 2.05) is 19.1 Å². The van der Waals surface area contributed by atoms with Gasteiger partial charge in [-0.05, 0) is 36.8 Å². The van der Waals surface area contributed by atoms with Gasteiger partial charge in [0.1, 0.15) is 24.0 Å². The van der Waals surface area contributed by atoms with Gasteiger partial charge in [-0.2, -0.15) is 0 Å². The van der Waals surface area contributed by atoms with Gasteiger partial charge in [-0.3, -0.25) is 0 Å². The van der Waals surface area contributed by atoms with E-state index >= 15 is 0 Å². The summed E-state index contributed by atoms with van der Waals surface area (Å²) in [5.41, 5.74) is 1.56. The quantitative estimate of drug-likeness (QED) is 0.601. The van der Waals surface area contributed by atoms with Crippen LogP contribution in [0.1, 0.15) is 16.7 Å². The molecule has 21 heavy (non-hydrogen) atoms. The van der Waals surface area contributed by atoms with E-state index in [4.69, 9.17) is 16.3 Å². The molecule has 0 unspecified atom stereocenters. The molecule has 0 bridgehead atoms. The van der Waals surface area contributed by atoms with Crippen LogP contribution >= 0.6 is 11.6 Å². The van der Waals surface area contributed by atoms with E-state index in [9.17, 15) is 8.78 Å². The molecule has 2 aromatic carbocycles. The minimum Gasteiger partial charge on any atom is -0.487 e. The fraction of sp³-hybridized carbons (Fsp3) is 0.176. The van der Waals surface area contributed by atoms with Gasteiger partial charge in [0.2, 0.25) is 0 Å². The highest BCUT2D eigenvalue weighted by atomic mass is 35.5. The monoisotopic (exact) mass is 306 g/mol. The van der Waals surface area contributed by atoms with Crippen molar-refractivity contribution < 1.29 is 13.5 Å². The maximum atomic E-state index is 13.6. The van der Waals surface area contributed by atoms with Crippen LogP contribution in [0.5, 0.6) is 5.75 Å². The lowest BCUT2D eigenvalue weighted by Gasteiger charge is -2.10. The number of halogens is 3. The molecule has 0 aliphatic carbocycles. The Bertz CT molecular complexity index is 681. The minimum absolute atomic E-state index is 0.102. The van der Waals surface area contributed by atoms with E-state index in [1.165, 1.54) is 18.2 Å². The average molecular weight is 307 g/mol. The van der Waals surface area contributed by atoms with Crippen LogP contribution in [0.15, 0.2) is 36.4 Å². The second kappa shape index (κ2) is 7.10. The maximum absolute atomic E-state index is 13.6. The molecule has 0 aliphatic heterocycles.